The average Bonchev–Trinajstić information content (AvgIpc) is 2.89. The van der Waals surface area contributed by atoms with E-state index in [1.165, 1.54) is 58.0 Å². The van der Waals surface area contributed by atoms with Gasteiger partial charge in [-0.3, -0.25) is 0 Å². The molecule has 3 rings (SSSR count). The molecule has 3 nitrogen and oxygen atoms in total. The quantitative estimate of drug-likeness (QED) is 0.849. The van der Waals surface area contributed by atoms with E-state index in [-0.39, 0.29) is 0 Å². The smallest absolute Gasteiger partial charge is 0.0620 e. The molecule has 0 aromatic rings. The highest BCUT2D eigenvalue weighted by Gasteiger charge is 2.37. The van der Waals surface area contributed by atoms with Crippen molar-refractivity contribution in [1.82, 2.24) is 10.2 Å². The first kappa shape index (κ1) is 13.8. The van der Waals surface area contributed by atoms with E-state index in [2.05, 4.69) is 17.1 Å². The van der Waals surface area contributed by atoms with Crippen LogP contribution in [0.4, 0.5) is 0 Å². The van der Waals surface area contributed by atoms with Gasteiger partial charge in [0.2, 0.25) is 0 Å². The summed E-state index contributed by atoms with van der Waals surface area (Å²) in [4.78, 5) is 2.72. The van der Waals surface area contributed by atoms with Gasteiger partial charge in [-0.15, -0.1) is 0 Å². The molecule has 1 aliphatic carbocycles. The number of nitrogens with one attached hydrogen (secondary N) is 1. The first-order chi connectivity index (χ1) is 9.27. The molecule has 2 heterocycles. The molecule has 0 amide bonds. The molecule has 1 spiro atoms. The number of morpholine rings is 1. The van der Waals surface area contributed by atoms with Gasteiger partial charge in [-0.1, -0.05) is 12.8 Å². The van der Waals surface area contributed by atoms with Gasteiger partial charge < -0.3 is 15.0 Å². The molecule has 2 unspecified atom stereocenters. The summed E-state index contributed by atoms with van der Waals surface area (Å²) in [7, 11) is 0. The van der Waals surface area contributed by atoms with E-state index in [1.807, 2.05) is 0 Å². The van der Waals surface area contributed by atoms with E-state index < -0.39 is 0 Å². The van der Waals surface area contributed by atoms with Gasteiger partial charge in [-0.05, 0) is 57.5 Å². The van der Waals surface area contributed by atoms with Gasteiger partial charge in [0.25, 0.3) is 0 Å². The van der Waals surface area contributed by atoms with Gasteiger partial charge in [0.1, 0.15) is 0 Å². The zero-order chi connectivity index (χ0) is 13.1. The van der Waals surface area contributed by atoms with Crippen LogP contribution < -0.4 is 5.32 Å². The van der Waals surface area contributed by atoms with Crippen LogP contribution in [0.25, 0.3) is 0 Å². The Labute approximate surface area is 118 Å². The number of nitrogens with zero attached hydrogens (tertiary/aromatic N) is 1. The number of likely N-dealkylation sites (tertiary alicyclic amines) is 1. The van der Waals surface area contributed by atoms with Gasteiger partial charge in [0.05, 0.1) is 13.2 Å². The maximum Gasteiger partial charge on any atom is 0.0620 e. The van der Waals surface area contributed by atoms with Crippen molar-refractivity contribution in [2.24, 2.45) is 5.41 Å². The molecule has 0 aromatic heterocycles. The Hall–Kier alpha value is -0.120. The molecule has 0 aromatic carbocycles. The Morgan fingerprint density at radius 2 is 1.95 bits per heavy atom. The lowest BCUT2D eigenvalue weighted by molar-refractivity contribution is 0.0444. The molecular weight excluding hydrogens is 236 g/mol. The molecule has 110 valence electrons. The first-order valence-electron chi connectivity index (χ1n) is 8.33. The van der Waals surface area contributed by atoms with Crippen LogP contribution >= 0.6 is 0 Å². The van der Waals surface area contributed by atoms with E-state index in [9.17, 15) is 0 Å². The van der Waals surface area contributed by atoms with E-state index in [0.717, 1.165) is 25.2 Å². The number of hydrogen-bond donors (Lipinski definition) is 1. The lowest BCUT2D eigenvalue weighted by Crippen LogP contribution is -2.48. The fourth-order valence-electron chi connectivity index (χ4n) is 4.40. The molecule has 3 fully saturated rings. The van der Waals surface area contributed by atoms with E-state index in [4.69, 9.17) is 4.74 Å². The van der Waals surface area contributed by atoms with Crippen LogP contribution in [-0.2, 0) is 4.74 Å². The lowest BCUT2D eigenvalue weighted by Gasteiger charge is -2.43. The number of hydrogen-bond acceptors (Lipinski definition) is 3. The van der Waals surface area contributed by atoms with Crippen molar-refractivity contribution in [3.05, 3.63) is 0 Å². The van der Waals surface area contributed by atoms with Crippen LogP contribution in [0.15, 0.2) is 0 Å². The maximum atomic E-state index is 5.57. The molecule has 0 radical (unpaired) electrons. The van der Waals surface area contributed by atoms with Gasteiger partial charge in [0.15, 0.2) is 0 Å². The molecule has 2 aliphatic heterocycles. The van der Waals surface area contributed by atoms with Crippen molar-refractivity contribution >= 4 is 0 Å². The van der Waals surface area contributed by atoms with Crippen molar-refractivity contribution in [2.75, 3.05) is 32.8 Å². The van der Waals surface area contributed by atoms with Crippen LogP contribution in [-0.4, -0.2) is 49.8 Å². The Morgan fingerprint density at radius 1 is 1.21 bits per heavy atom. The summed E-state index contributed by atoms with van der Waals surface area (Å²) in [6.07, 6.45) is 10.1. The third-order valence-electron chi connectivity index (χ3n) is 5.77. The van der Waals surface area contributed by atoms with Crippen LogP contribution in [0.3, 0.4) is 0 Å². The van der Waals surface area contributed by atoms with E-state index >= 15 is 0 Å². The van der Waals surface area contributed by atoms with Gasteiger partial charge in [-0.25, -0.2) is 0 Å². The third-order valence-corrected chi connectivity index (χ3v) is 5.77. The molecule has 2 atom stereocenters. The highest BCUT2D eigenvalue weighted by atomic mass is 16.5. The summed E-state index contributed by atoms with van der Waals surface area (Å²) in [5.74, 6) is 0. The summed E-state index contributed by atoms with van der Waals surface area (Å²) in [6, 6.07) is 1.28. The maximum absolute atomic E-state index is 5.57. The molecule has 3 heteroatoms. The molecule has 1 saturated carbocycles. The SMILES string of the molecule is CC(CC1COCCN1)N1CCC2(CCCC2)CC1. The lowest BCUT2D eigenvalue weighted by atomic mass is 9.76. The molecular formula is C16H30N2O. The van der Waals surface area contributed by atoms with Gasteiger partial charge in [0, 0.05) is 18.6 Å². The van der Waals surface area contributed by atoms with Crippen molar-refractivity contribution in [3.63, 3.8) is 0 Å². The Bertz CT molecular complexity index is 272. The minimum absolute atomic E-state index is 0.575. The van der Waals surface area contributed by atoms with Gasteiger partial charge in [-0.2, -0.15) is 0 Å². The standard InChI is InChI=1S/C16H30N2O/c1-14(12-15-13-19-11-8-17-15)18-9-6-16(7-10-18)4-2-3-5-16/h14-15,17H,2-13H2,1H3. The summed E-state index contributed by atoms with van der Waals surface area (Å²) in [5, 5.41) is 3.59. The predicted molar refractivity (Wildman–Crippen MR) is 78.4 cm³/mol. The minimum atomic E-state index is 0.575. The number of rotatable bonds is 3. The second-order valence-electron chi connectivity index (χ2n) is 7.05. The van der Waals surface area contributed by atoms with Crippen molar-refractivity contribution in [3.8, 4) is 0 Å². The van der Waals surface area contributed by atoms with Crippen LogP contribution in [0, 0.1) is 5.41 Å². The second-order valence-corrected chi connectivity index (χ2v) is 7.05. The van der Waals surface area contributed by atoms with Crippen LogP contribution in [0.5, 0.6) is 0 Å². The Balaban J connectivity index is 1.44. The molecule has 1 N–H and O–H groups in total. The van der Waals surface area contributed by atoms with E-state index in [0.29, 0.717) is 12.1 Å². The zero-order valence-corrected chi connectivity index (χ0v) is 12.5. The van der Waals surface area contributed by atoms with E-state index in [1.54, 1.807) is 0 Å². The molecule has 3 aliphatic rings. The second kappa shape index (κ2) is 6.11. The first-order valence-corrected chi connectivity index (χ1v) is 8.33. The van der Waals surface area contributed by atoms with Crippen molar-refractivity contribution < 1.29 is 4.74 Å². The number of piperidine rings is 1. The zero-order valence-electron chi connectivity index (χ0n) is 12.5. The monoisotopic (exact) mass is 266 g/mol. The Kier molecular flexibility index (Phi) is 4.45. The summed E-state index contributed by atoms with van der Waals surface area (Å²) in [5.41, 5.74) is 0.752. The molecule has 0 bridgehead atoms. The normalized spacial score (nSPS) is 33.6. The highest BCUT2D eigenvalue weighted by Crippen LogP contribution is 2.46. The summed E-state index contributed by atoms with van der Waals surface area (Å²) >= 11 is 0. The average molecular weight is 266 g/mol. The largest absolute Gasteiger partial charge is 0.379 e. The Morgan fingerprint density at radius 3 is 2.58 bits per heavy atom. The topological polar surface area (TPSA) is 24.5 Å². The summed E-state index contributed by atoms with van der Waals surface area (Å²) < 4.78 is 5.57. The third kappa shape index (κ3) is 3.32. The predicted octanol–water partition coefficient (Wildman–Crippen LogP) is 2.41. The fraction of sp³-hybridized carbons (Fsp3) is 1.00. The van der Waals surface area contributed by atoms with Crippen LogP contribution in [0.1, 0.15) is 51.9 Å². The van der Waals surface area contributed by atoms with Crippen LogP contribution in [0.2, 0.25) is 0 Å². The minimum Gasteiger partial charge on any atom is -0.379 e. The highest BCUT2D eigenvalue weighted by molar-refractivity contribution is 4.91. The molecule has 2 saturated heterocycles. The van der Waals surface area contributed by atoms with Crippen molar-refractivity contribution in [2.45, 2.75) is 64.0 Å². The summed E-state index contributed by atoms with van der Waals surface area (Å²) in [6.45, 7) is 7.88. The van der Waals surface area contributed by atoms with Crippen molar-refractivity contribution in [1.29, 1.82) is 0 Å². The molecule has 19 heavy (non-hydrogen) atoms. The fourth-order valence-corrected chi connectivity index (χ4v) is 4.40. The van der Waals surface area contributed by atoms with Gasteiger partial charge >= 0.3 is 0 Å². The number of ether oxygens (including phenoxy) is 1.